The Hall–Kier alpha value is -3.67. The number of anilines is 1. The molecule has 3 rings (SSSR count). The van der Waals surface area contributed by atoms with Crippen molar-refractivity contribution in [3.63, 3.8) is 0 Å². The van der Waals surface area contributed by atoms with Gasteiger partial charge in [-0.25, -0.2) is 4.68 Å². The second kappa shape index (κ2) is 8.14. The summed E-state index contributed by atoms with van der Waals surface area (Å²) in [4.78, 5) is 12.5. The van der Waals surface area contributed by atoms with Gasteiger partial charge in [-0.05, 0) is 42.8 Å². The molecule has 0 saturated heterocycles. The normalized spacial score (nSPS) is 11.1. The highest BCUT2D eigenvalue weighted by Crippen LogP contribution is 2.26. The van der Waals surface area contributed by atoms with Crippen LogP contribution in [0.3, 0.4) is 0 Å². The number of allylic oxidation sites excluding steroid dienone is 1. The first kappa shape index (κ1) is 18.1. The largest absolute Gasteiger partial charge is 0.495 e. The van der Waals surface area contributed by atoms with Gasteiger partial charge in [-0.2, -0.15) is 5.10 Å². The number of methoxy groups -OCH3 is 1. The minimum atomic E-state index is -0.241. The van der Waals surface area contributed by atoms with E-state index >= 15 is 0 Å². The lowest BCUT2D eigenvalue weighted by Crippen LogP contribution is -2.18. The van der Waals surface area contributed by atoms with Crippen LogP contribution in [0.25, 0.3) is 11.4 Å². The molecule has 1 heterocycles. The first-order valence-electron chi connectivity index (χ1n) is 8.40. The Bertz CT molecular complexity index is 1050. The van der Waals surface area contributed by atoms with Gasteiger partial charge in [0.1, 0.15) is 5.75 Å². The van der Waals surface area contributed by atoms with E-state index in [0.717, 1.165) is 17.5 Å². The highest BCUT2D eigenvalue weighted by Gasteiger charge is 2.12. The summed E-state index contributed by atoms with van der Waals surface area (Å²) < 4.78 is 6.99. The van der Waals surface area contributed by atoms with Crippen molar-refractivity contribution in [1.29, 1.82) is 5.41 Å². The molecular weight excluding hydrogens is 340 g/mol. The maximum atomic E-state index is 12.5. The molecule has 0 amide bonds. The highest BCUT2D eigenvalue weighted by molar-refractivity contribution is 5.87. The van der Waals surface area contributed by atoms with Crippen LogP contribution in [-0.2, 0) is 0 Å². The van der Waals surface area contributed by atoms with Crippen molar-refractivity contribution in [1.82, 2.24) is 9.78 Å². The van der Waals surface area contributed by atoms with Crippen LogP contribution in [0.5, 0.6) is 5.75 Å². The maximum Gasteiger partial charge on any atom is 0.209 e. The number of aromatic nitrogens is 2. The quantitative estimate of drug-likeness (QED) is 0.658. The van der Waals surface area contributed by atoms with E-state index in [1.807, 2.05) is 55.5 Å². The van der Waals surface area contributed by atoms with E-state index < -0.39 is 0 Å². The summed E-state index contributed by atoms with van der Waals surface area (Å²) in [7, 11) is 1.58. The summed E-state index contributed by atoms with van der Waals surface area (Å²) in [5.74, 6) is 0.628. The third-order valence-electron chi connectivity index (χ3n) is 3.96. The summed E-state index contributed by atoms with van der Waals surface area (Å²) in [6, 6.07) is 16.7. The van der Waals surface area contributed by atoms with E-state index in [9.17, 15) is 4.79 Å². The molecule has 0 atom stereocenters. The molecule has 0 aliphatic rings. The smallest absolute Gasteiger partial charge is 0.209 e. The number of nitrogens with zero attached hydrogens (tertiary/aromatic N) is 2. The topological polar surface area (TPSA) is 80.0 Å². The second-order valence-electron chi connectivity index (χ2n) is 5.88. The lowest BCUT2D eigenvalue weighted by atomic mass is 10.2. The zero-order valence-corrected chi connectivity index (χ0v) is 15.1. The van der Waals surface area contributed by atoms with Gasteiger partial charge in [0.2, 0.25) is 5.43 Å². The summed E-state index contributed by atoms with van der Waals surface area (Å²) in [5, 5.41) is 15.1. The molecule has 136 valence electrons. The third kappa shape index (κ3) is 4.12. The lowest BCUT2D eigenvalue weighted by Gasteiger charge is -2.14. The number of rotatable bonds is 6. The van der Waals surface area contributed by atoms with Gasteiger partial charge in [0, 0.05) is 18.5 Å². The van der Waals surface area contributed by atoms with Crippen molar-refractivity contribution >= 4 is 17.6 Å². The number of hydrogen-bond acceptors (Lipinski definition) is 5. The van der Waals surface area contributed by atoms with E-state index in [1.165, 1.54) is 12.1 Å². The molecule has 1 aromatic heterocycles. The zero-order valence-electron chi connectivity index (χ0n) is 15.1. The number of para-hydroxylation sites is 2. The Morgan fingerprint density at radius 1 is 1.19 bits per heavy atom. The fraction of sp³-hybridized carbons (Fsp3) is 0.0952. The van der Waals surface area contributed by atoms with Gasteiger partial charge < -0.3 is 15.5 Å². The van der Waals surface area contributed by atoms with E-state index in [1.54, 1.807) is 18.0 Å². The van der Waals surface area contributed by atoms with E-state index in [2.05, 4.69) is 10.4 Å². The molecule has 0 saturated carbocycles. The highest BCUT2D eigenvalue weighted by atomic mass is 16.5. The molecule has 0 fully saturated rings. The van der Waals surface area contributed by atoms with Crippen molar-refractivity contribution in [2.45, 2.75) is 6.92 Å². The van der Waals surface area contributed by atoms with Gasteiger partial charge in [0.25, 0.3) is 0 Å². The molecule has 0 radical (unpaired) electrons. The van der Waals surface area contributed by atoms with Crippen LogP contribution in [-0.4, -0.2) is 23.1 Å². The molecule has 0 spiro atoms. The molecular formula is C21H20N4O2. The summed E-state index contributed by atoms with van der Waals surface area (Å²) in [5.41, 5.74) is 3.02. The number of hydrogen-bond donors (Lipinski definition) is 2. The van der Waals surface area contributed by atoms with Crippen LogP contribution >= 0.6 is 0 Å². The van der Waals surface area contributed by atoms with E-state index in [4.69, 9.17) is 10.1 Å². The van der Waals surface area contributed by atoms with Crippen LogP contribution in [0, 0.1) is 12.3 Å². The first-order valence-corrected chi connectivity index (χ1v) is 8.40. The van der Waals surface area contributed by atoms with Crippen LogP contribution in [0.2, 0.25) is 0 Å². The molecule has 2 N–H and O–H groups in total. The zero-order chi connectivity index (χ0) is 19.2. The number of aryl methyl sites for hydroxylation is 1. The number of benzene rings is 2. The molecule has 2 aromatic carbocycles. The number of nitrogens with one attached hydrogen (secondary N) is 2. The Kier molecular flexibility index (Phi) is 5.47. The molecule has 0 aliphatic carbocycles. The van der Waals surface area contributed by atoms with Crippen molar-refractivity contribution in [2.24, 2.45) is 0 Å². The summed E-state index contributed by atoms with van der Waals surface area (Å²) in [6.45, 7) is 2.00. The predicted octanol–water partition coefficient (Wildman–Crippen LogP) is 3.65. The van der Waals surface area contributed by atoms with Crippen LogP contribution < -0.4 is 15.5 Å². The van der Waals surface area contributed by atoms with Crippen molar-refractivity contribution in [3.05, 3.63) is 88.4 Å². The van der Waals surface area contributed by atoms with Gasteiger partial charge >= 0.3 is 0 Å². The third-order valence-corrected chi connectivity index (χ3v) is 3.96. The standard InChI is InChI=1S/C21H20N4O2/c1-15-6-5-7-16(14-15)25-13-11-19(26)21(24-25)18(10-12-22)23-17-8-3-4-9-20(17)27-2/h3-14,22-23H,1-2H3/b18-10-,22-12?. The summed E-state index contributed by atoms with van der Waals surface area (Å²) in [6.07, 6.45) is 4.24. The Morgan fingerprint density at radius 2 is 2.00 bits per heavy atom. The fourth-order valence-electron chi connectivity index (χ4n) is 2.66. The second-order valence-corrected chi connectivity index (χ2v) is 5.88. The fourth-order valence-corrected chi connectivity index (χ4v) is 2.66. The lowest BCUT2D eigenvalue weighted by molar-refractivity contribution is 0.417. The van der Waals surface area contributed by atoms with E-state index in [0.29, 0.717) is 17.1 Å². The first-order chi connectivity index (χ1) is 13.1. The van der Waals surface area contributed by atoms with Gasteiger partial charge in [-0.1, -0.05) is 24.3 Å². The Balaban J connectivity index is 2.06. The molecule has 0 unspecified atom stereocenters. The SMILES string of the molecule is COc1ccccc1N/C(=C\C=N)c1nn(-c2cccc(C)c2)ccc1=O. The van der Waals surface area contributed by atoms with Crippen molar-refractivity contribution in [2.75, 3.05) is 12.4 Å². The predicted molar refractivity (Wildman–Crippen MR) is 108 cm³/mol. The molecule has 3 aromatic rings. The maximum absolute atomic E-state index is 12.5. The average Bonchev–Trinajstić information content (AvgIpc) is 2.68. The molecule has 0 aliphatic heterocycles. The van der Waals surface area contributed by atoms with Gasteiger partial charge in [0.05, 0.1) is 24.2 Å². The van der Waals surface area contributed by atoms with Crippen LogP contribution in [0.15, 0.2) is 71.7 Å². The van der Waals surface area contributed by atoms with Crippen LogP contribution in [0.1, 0.15) is 11.3 Å². The van der Waals surface area contributed by atoms with Crippen LogP contribution in [0.4, 0.5) is 5.69 Å². The minimum Gasteiger partial charge on any atom is -0.495 e. The molecule has 27 heavy (non-hydrogen) atoms. The van der Waals surface area contributed by atoms with E-state index in [-0.39, 0.29) is 11.1 Å². The molecule has 0 bridgehead atoms. The minimum absolute atomic E-state index is 0.216. The van der Waals surface area contributed by atoms with Gasteiger partial charge in [-0.3, -0.25) is 4.79 Å². The van der Waals surface area contributed by atoms with Gasteiger partial charge in [-0.15, -0.1) is 0 Å². The molecule has 6 nitrogen and oxygen atoms in total. The Labute approximate surface area is 157 Å². The number of ether oxygens (including phenoxy) is 1. The van der Waals surface area contributed by atoms with Crippen molar-refractivity contribution in [3.8, 4) is 11.4 Å². The molecule has 6 heteroatoms. The van der Waals surface area contributed by atoms with Crippen molar-refractivity contribution < 1.29 is 4.74 Å². The van der Waals surface area contributed by atoms with Gasteiger partial charge in [0.15, 0.2) is 5.69 Å². The Morgan fingerprint density at radius 3 is 2.74 bits per heavy atom. The summed E-state index contributed by atoms with van der Waals surface area (Å²) >= 11 is 0. The monoisotopic (exact) mass is 360 g/mol. The average molecular weight is 360 g/mol.